The van der Waals surface area contributed by atoms with Crippen LogP contribution < -0.4 is 9.47 Å². The smallest absolute Gasteiger partial charge is 0.312 e. The molecule has 0 spiro atoms. The number of ether oxygens (including phenoxy) is 2. The molecule has 3 heterocycles. The van der Waals surface area contributed by atoms with Crippen LogP contribution in [-0.4, -0.2) is 16.7 Å². The molecular formula is C23H15NO4. The van der Waals surface area contributed by atoms with Crippen molar-refractivity contribution >= 4 is 17.8 Å². The van der Waals surface area contributed by atoms with Crippen LogP contribution in [0.4, 0.5) is 0 Å². The zero-order valence-corrected chi connectivity index (χ0v) is 14.8. The number of carbonyl (C=O) groups excluding carboxylic acids is 2. The van der Waals surface area contributed by atoms with Crippen molar-refractivity contribution in [2.75, 3.05) is 0 Å². The molecule has 0 N–H and O–H groups in total. The van der Waals surface area contributed by atoms with Gasteiger partial charge in [0.05, 0.1) is 12.0 Å². The molecular weight excluding hydrogens is 354 g/mol. The Kier molecular flexibility index (Phi) is 3.79. The molecule has 1 atom stereocenters. The molecule has 5 heteroatoms. The van der Waals surface area contributed by atoms with Crippen LogP contribution in [0.3, 0.4) is 0 Å². The normalized spacial score (nSPS) is 19.0. The van der Waals surface area contributed by atoms with Crippen molar-refractivity contribution in [3.8, 4) is 11.5 Å². The summed E-state index contributed by atoms with van der Waals surface area (Å²) in [6.45, 7) is 0. The molecule has 2 aromatic carbocycles. The van der Waals surface area contributed by atoms with E-state index in [2.05, 4.69) is 4.98 Å². The summed E-state index contributed by atoms with van der Waals surface area (Å²) in [5.41, 5.74) is 2.95. The van der Waals surface area contributed by atoms with Crippen LogP contribution in [0.1, 0.15) is 39.4 Å². The average Bonchev–Trinajstić information content (AvgIpc) is 3.04. The van der Waals surface area contributed by atoms with Crippen molar-refractivity contribution in [1.29, 1.82) is 0 Å². The lowest BCUT2D eigenvalue weighted by Gasteiger charge is -2.26. The third-order valence-electron chi connectivity index (χ3n) is 4.96. The number of carbonyl (C=O) groups is 2. The Hall–Kier alpha value is -3.73. The SMILES string of the molecule is O=C1CC(c2cccnc2)c2c(ccc3c2O/C(=C\c2ccccc2)C3=O)O1. The van der Waals surface area contributed by atoms with Gasteiger partial charge in [0, 0.05) is 23.9 Å². The predicted octanol–water partition coefficient (Wildman–Crippen LogP) is 4.14. The zero-order chi connectivity index (χ0) is 19.1. The lowest BCUT2D eigenvalue weighted by molar-refractivity contribution is -0.135. The van der Waals surface area contributed by atoms with E-state index in [9.17, 15) is 9.59 Å². The van der Waals surface area contributed by atoms with Crippen molar-refractivity contribution in [2.24, 2.45) is 0 Å². The molecule has 1 aromatic heterocycles. The molecule has 0 amide bonds. The van der Waals surface area contributed by atoms with E-state index in [-0.39, 0.29) is 29.9 Å². The maximum atomic E-state index is 12.9. The van der Waals surface area contributed by atoms with Gasteiger partial charge in [-0.05, 0) is 35.4 Å². The molecule has 5 rings (SSSR count). The molecule has 0 fully saturated rings. The van der Waals surface area contributed by atoms with Gasteiger partial charge in [-0.25, -0.2) is 0 Å². The summed E-state index contributed by atoms with van der Waals surface area (Å²) >= 11 is 0. The van der Waals surface area contributed by atoms with E-state index >= 15 is 0 Å². The molecule has 0 saturated heterocycles. The Morgan fingerprint density at radius 1 is 0.964 bits per heavy atom. The molecule has 5 nitrogen and oxygen atoms in total. The Labute approximate surface area is 161 Å². The number of allylic oxidation sites excluding steroid dienone is 1. The highest BCUT2D eigenvalue weighted by Crippen LogP contribution is 2.48. The molecule has 2 aliphatic rings. The molecule has 136 valence electrons. The summed E-state index contributed by atoms with van der Waals surface area (Å²) in [4.78, 5) is 29.2. The van der Waals surface area contributed by atoms with Crippen LogP contribution in [0, 0.1) is 0 Å². The molecule has 0 aliphatic carbocycles. The van der Waals surface area contributed by atoms with Crippen LogP contribution in [0.2, 0.25) is 0 Å². The average molecular weight is 369 g/mol. The first-order chi connectivity index (χ1) is 13.7. The summed E-state index contributed by atoms with van der Waals surface area (Å²) in [6.07, 6.45) is 5.30. The number of aromatic nitrogens is 1. The summed E-state index contributed by atoms with van der Waals surface area (Å²) < 4.78 is 11.4. The molecule has 0 bridgehead atoms. The molecule has 28 heavy (non-hydrogen) atoms. The van der Waals surface area contributed by atoms with Crippen molar-refractivity contribution in [3.63, 3.8) is 0 Å². The first-order valence-corrected chi connectivity index (χ1v) is 8.97. The van der Waals surface area contributed by atoms with Crippen molar-refractivity contribution in [1.82, 2.24) is 4.98 Å². The fourth-order valence-electron chi connectivity index (χ4n) is 3.67. The fourth-order valence-corrected chi connectivity index (χ4v) is 3.67. The summed E-state index contributed by atoms with van der Waals surface area (Å²) in [7, 11) is 0. The minimum Gasteiger partial charge on any atom is -0.452 e. The van der Waals surface area contributed by atoms with Crippen LogP contribution in [0.5, 0.6) is 11.5 Å². The van der Waals surface area contributed by atoms with Crippen LogP contribution in [0.25, 0.3) is 6.08 Å². The lowest BCUT2D eigenvalue weighted by Crippen LogP contribution is -2.21. The number of fused-ring (bicyclic) bond motifs is 3. The van der Waals surface area contributed by atoms with Crippen LogP contribution in [-0.2, 0) is 4.79 Å². The van der Waals surface area contributed by atoms with Crippen molar-refractivity contribution in [2.45, 2.75) is 12.3 Å². The summed E-state index contributed by atoms with van der Waals surface area (Å²) in [5, 5.41) is 0. The highest BCUT2D eigenvalue weighted by atomic mass is 16.5. The van der Waals surface area contributed by atoms with E-state index in [1.165, 1.54) is 0 Å². The number of Topliss-reactive ketones (excluding diaryl/α,β-unsaturated/α-hetero) is 1. The van der Waals surface area contributed by atoms with Gasteiger partial charge >= 0.3 is 5.97 Å². The maximum absolute atomic E-state index is 12.9. The van der Waals surface area contributed by atoms with Crippen LogP contribution in [0.15, 0.2) is 72.8 Å². The minimum atomic E-state index is -0.314. The quantitative estimate of drug-likeness (QED) is 0.386. The Morgan fingerprint density at radius 2 is 1.82 bits per heavy atom. The highest BCUT2D eigenvalue weighted by Gasteiger charge is 2.38. The first kappa shape index (κ1) is 16.4. The van der Waals surface area contributed by atoms with E-state index in [1.54, 1.807) is 30.6 Å². The van der Waals surface area contributed by atoms with Gasteiger partial charge in [0.1, 0.15) is 11.5 Å². The third kappa shape index (κ3) is 2.68. The number of benzene rings is 2. The Balaban J connectivity index is 1.63. The van der Waals surface area contributed by atoms with Crippen molar-refractivity contribution in [3.05, 3.63) is 95.0 Å². The second-order valence-electron chi connectivity index (χ2n) is 6.72. The van der Waals surface area contributed by atoms with Crippen LogP contribution >= 0.6 is 0 Å². The standard InChI is InChI=1S/C23H15NO4/c25-20-12-17(15-7-4-10-24-13-15)21-18(27-20)9-8-16-22(26)19(28-23(16)21)11-14-5-2-1-3-6-14/h1-11,13,17H,12H2/b19-11-. The Bertz CT molecular complexity index is 1120. The van der Waals surface area contributed by atoms with Gasteiger partial charge in [-0.1, -0.05) is 36.4 Å². The van der Waals surface area contributed by atoms with Gasteiger partial charge in [0.25, 0.3) is 0 Å². The number of esters is 1. The number of rotatable bonds is 2. The molecule has 1 unspecified atom stereocenters. The van der Waals surface area contributed by atoms with Gasteiger partial charge < -0.3 is 9.47 Å². The van der Waals surface area contributed by atoms with E-state index in [0.29, 0.717) is 17.1 Å². The first-order valence-electron chi connectivity index (χ1n) is 8.97. The summed E-state index contributed by atoms with van der Waals surface area (Å²) in [6, 6.07) is 16.6. The number of ketones is 1. The monoisotopic (exact) mass is 369 g/mol. The third-order valence-corrected chi connectivity index (χ3v) is 4.96. The van der Waals surface area contributed by atoms with Gasteiger partial charge in [0.15, 0.2) is 5.76 Å². The highest BCUT2D eigenvalue weighted by molar-refractivity contribution is 6.15. The molecule has 2 aliphatic heterocycles. The number of hydrogen-bond donors (Lipinski definition) is 0. The lowest BCUT2D eigenvalue weighted by atomic mass is 9.85. The second-order valence-corrected chi connectivity index (χ2v) is 6.72. The largest absolute Gasteiger partial charge is 0.452 e. The van der Waals surface area contributed by atoms with E-state index in [1.807, 2.05) is 42.5 Å². The van der Waals surface area contributed by atoms with Gasteiger partial charge in [-0.3, -0.25) is 14.6 Å². The minimum absolute atomic E-state index is 0.171. The molecule has 0 radical (unpaired) electrons. The van der Waals surface area contributed by atoms with Gasteiger partial charge in [-0.15, -0.1) is 0 Å². The number of nitrogens with zero attached hydrogens (tertiary/aromatic N) is 1. The van der Waals surface area contributed by atoms with Crippen molar-refractivity contribution < 1.29 is 19.1 Å². The number of hydrogen-bond acceptors (Lipinski definition) is 5. The summed E-state index contributed by atoms with van der Waals surface area (Å²) in [5.74, 6) is 0.387. The molecule has 3 aromatic rings. The fraction of sp³-hybridized carbons (Fsp3) is 0.0870. The second kappa shape index (κ2) is 6.46. The number of pyridine rings is 1. The van der Waals surface area contributed by atoms with Gasteiger partial charge in [-0.2, -0.15) is 0 Å². The van der Waals surface area contributed by atoms with Gasteiger partial charge in [0.2, 0.25) is 5.78 Å². The topological polar surface area (TPSA) is 65.5 Å². The molecule has 0 saturated carbocycles. The van der Waals surface area contributed by atoms with E-state index < -0.39 is 0 Å². The maximum Gasteiger partial charge on any atom is 0.312 e. The Morgan fingerprint density at radius 3 is 2.61 bits per heavy atom. The zero-order valence-electron chi connectivity index (χ0n) is 14.8. The van der Waals surface area contributed by atoms with E-state index in [4.69, 9.17) is 9.47 Å². The van der Waals surface area contributed by atoms with E-state index in [0.717, 1.165) is 16.7 Å². The predicted molar refractivity (Wildman–Crippen MR) is 102 cm³/mol.